The predicted octanol–water partition coefficient (Wildman–Crippen LogP) is 2.49. The molecular formula is C18H19NO4S. The summed E-state index contributed by atoms with van der Waals surface area (Å²) >= 11 is 0. The summed E-state index contributed by atoms with van der Waals surface area (Å²) in [6.07, 6.45) is 0. The summed E-state index contributed by atoms with van der Waals surface area (Å²) in [5.74, 6) is -1.61. The fourth-order valence-corrected chi connectivity index (χ4v) is 2.80. The number of hydrogen-bond donors (Lipinski definition) is 1. The van der Waals surface area contributed by atoms with Crippen LogP contribution in [0.25, 0.3) is 0 Å². The molecule has 126 valence electrons. The summed E-state index contributed by atoms with van der Waals surface area (Å²) in [6, 6.07) is 15.5. The molecule has 0 spiro atoms. The molecule has 0 aromatic heterocycles. The lowest BCUT2D eigenvalue weighted by Gasteiger charge is -2.13. The Morgan fingerprint density at radius 1 is 1.00 bits per heavy atom. The second kappa shape index (κ2) is 7.40. The van der Waals surface area contributed by atoms with Crippen LogP contribution >= 0.6 is 0 Å². The molecule has 2 aromatic rings. The molecule has 2 rings (SSSR count). The fourth-order valence-electron chi connectivity index (χ4n) is 2.17. The molecule has 0 bridgehead atoms. The van der Waals surface area contributed by atoms with Gasteiger partial charge in [0.05, 0.1) is 11.7 Å². The van der Waals surface area contributed by atoms with Crippen LogP contribution < -0.4 is 4.72 Å². The zero-order valence-electron chi connectivity index (χ0n) is 13.5. The quantitative estimate of drug-likeness (QED) is 0.816. The van der Waals surface area contributed by atoms with E-state index in [-0.39, 0.29) is 11.5 Å². The zero-order chi connectivity index (χ0) is 17.7. The number of hydrogen-bond acceptors (Lipinski definition) is 4. The van der Waals surface area contributed by atoms with E-state index < -0.39 is 21.8 Å². The molecule has 0 radical (unpaired) electrons. The Morgan fingerprint density at radius 2 is 1.62 bits per heavy atom. The van der Waals surface area contributed by atoms with Gasteiger partial charge in [0, 0.05) is 11.1 Å². The topological polar surface area (TPSA) is 80.3 Å². The van der Waals surface area contributed by atoms with Crippen LogP contribution in [0, 0.1) is 0 Å². The maximum Gasteiger partial charge on any atom is 0.240 e. The van der Waals surface area contributed by atoms with E-state index >= 15 is 0 Å². The molecule has 0 aliphatic heterocycles. The molecule has 1 atom stereocenters. The Hall–Kier alpha value is -2.47. The Balaban J connectivity index is 2.24. The Kier molecular flexibility index (Phi) is 5.51. The summed E-state index contributed by atoms with van der Waals surface area (Å²) < 4.78 is 25.1. The number of nitrogens with one attached hydrogen (secondary N) is 1. The summed E-state index contributed by atoms with van der Waals surface area (Å²) in [6.45, 7) is 3.06. The second-order valence-corrected chi connectivity index (χ2v) is 7.42. The highest BCUT2D eigenvalue weighted by atomic mass is 32.2. The first-order chi connectivity index (χ1) is 11.3. The molecular weight excluding hydrogens is 326 g/mol. The molecule has 1 unspecified atom stereocenters. The molecule has 5 nitrogen and oxygen atoms in total. The Morgan fingerprint density at radius 3 is 2.25 bits per heavy atom. The van der Waals surface area contributed by atoms with Gasteiger partial charge in [-0.05, 0) is 25.5 Å². The fraction of sp³-hybridized carbons (Fsp3) is 0.222. The molecule has 1 N–H and O–H groups in total. The molecule has 6 heteroatoms. The maximum atomic E-state index is 12.5. The Labute approximate surface area is 141 Å². The number of rotatable bonds is 6. The number of ketones is 1. The first kappa shape index (κ1) is 17.9. The normalized spacial score (nSPS) is 12.4. The van der Waals surface area contributed by atoms with E-state index in [0.717, 1.165) is 0 Å². The van der Waals surface area contributed by atoms with E-state index in [2.05, 4.69) is 0 Å². The van der Waals surface area contributed by atoms with E-state index in [1.54, 1.807) is 55.5 Å². The number of amides is 1. The van der Waals surface area contributed by atoms with Crippen molar-refractivity contribution in [2.24, 2.45) is 0 Å². The van der Waals surface area contributed by atoms with Crippen LogP contribution in [0.1, 0.15) is 41.3 Å². The smallest absolute Gasteiger partial charge is 0.240 e. The average Bonchev–Trinajstić information content (AvgIpc) is 2.61. The third kappa shape index (κ3) is 4.29. The highest BCUT2D eigenvalue weighted by Gasteiger charge is 2.21. The van der Waals surface area contributed by atoms with Gasteiger partial charge in [0.25, 0.3) is 0 Å². The molecule has 0 aliphatic carbocycles. The van der Waals surface area contributed by atoms with Crippen molar-refractivity contribution >= 4 is 21.7 Å². The minimum absolute atomic E-state index is 0.147. The maximum absolute atomic E-state index is 12.5. The van der Waals surface area contributed by atoms with E-state index in [1.165, 1.54) is 6.92 Å². The summed E-state index contributed by atoms with van der Waals surface area (Å²) in [5, 5.41) is 0. The first-order valence-corrected chi connectivity index (χ1v) is 9.23. The minimum atomic E-state index is -3.61. The molecule has 24 heavy (non-hydrogen) atoms. The van der Waals surface area contributed by atoms with Gasteiger partial charge in [-0.15, -0.1) is 0 Å². The van der Waals surface area contributed by atoms with Crippen molar-refractivity contribution in [1.29, 1.82) is 0 Å². The minimum Gasteiger partial charge on any atom is -0.289 e. The Bertz CT molecular complexity index is 844. The van der Waals surface area contributed by atoms with Crippen LogP contribution in [0.15, 0.2) is 54.6 Å². The molecule has 0 fully saturated rings. The van der Waals surface area contributed by atoms with E-state index in [1.807, 2.05) is 10.8 Å². The van der Waals surface area contributed by atoms with Crippen molar-refractivity contribution in [1.82, 2.24) is 4.72 Å². The summed E-state index contributed by atoms with van der Waals surface area (Å²) in [4.78, 5) is 24.6. The number of sulfonamides is 1. The SMILES string of the molecule is CCS(=O)(=O)NC(=O)C(C)c1cccc(C(=O)c2ccccc2)c1. The van der Waals surface area contributed by atoms with Crippen LogP contribution in [0.2, 0.25) is 0 Å². The zero-order valence-corrected chi connectivity index (χ0v) is 14.3. The number of benzene rings is 2. The standard InChI is InChI=1S/C18H19NO4S/c1-3-24(22,23)19-18(21)13(2)15-10-7-11-16(12-15)17(20)14-8-5-4-6-9-14/h4-13H,3H2,1-2H3,(H,19,21). The van der Waals surface area contributed by atoms with Gasteiger partial charge in [0.1, 0.15) is 0 Å². The molecule has 0 aliphatic rings. The van der Waals surface area contributed by atoms with Gasteiger partial charge < -0.3 is 0 Å². The van der Waals surface area contributed by atoms with Gasteiger partial charge in [0.15, 0.2) is 5.78 Å². The second-order valence-electron chi connectivity index (χ2n) is 5.41. The van der Waals surface area contributed by atoms with Crippen LogP contribution in [-0.2, 0) is 14.8 Å². The number of carbonyl (C=O) groups excluding carboxylic acids is 2. The van der Waals surface area contributed by atoms with Gasteiger partial charge in [-0.2, -0.15) is 0 Å². The highest BCUT2D eigenvalue weighted by molar-refractivity contribution is 7.90. The molecule has 0 saturated carbocycles. The van der Waals surface area contributed by atoms with Crippen molar-refractivity contribution in [3.05, 3.63) is 71.3 Å². The van der Waals surface area contributed by atoms with Gasteiger partial charge in [-0.1, -0.05) is 48.5 Å². The van der Waals surface area contributed by atoms with Crippen LogP contribution in [-0.4, -0.2) is 25.9 Å². The third-order valence-electron chi connectivity index (χ3n) is 3.71. The largest absolute Gasteiger partial charge is 0.289 e. The van der Waals surface area contributed by atoms with Crippen LogP contribution in [0.3, 0.4) is 0 Å². The van der Waals surface area contributed by atoms with E-state index in [0.29, 0.717) is 16.7 Å². The van der Waals surface area contributed by atoms with E-state index in [9.17, 15) is 18.0 Å². The van der Waals surface area contributed by atoms with E-state index in [4.69, 9.17) is 0 Å². The monoisotopic (exact) mass is 345 g/mol. The van der Waals surface area contributed by atoms with Crippen molar-refractivity contribution in [2.75, 3.05) is 5.75 Å². The lowest BCUT2D eigenvalue weighted by atomic mass is 9.95. The lowest BCUT2D eigenvalue weighted by molar-refractivity contribution is -0.120. The van der Waals surface area contributed by atoms with Crippen molar-refractivity contribution in [3.8, 4) is 0 Å². The first-order valence-electron chi connectivity index (χ1n) is 7.58. The highest BCUT2D eigenvalue weighted by Crippen LogP contribution is 2.19. The third-order valence-corrected chi connectivity index (χ3v) is 4.99. The van der Waals surface area contributed by atoms with Crippen LogP contribution in [0.4, 0.5) is 0 Å². The molecule has 1 amide bonds. The molecule has 0 heterocycles. The van der Waals surface area contributed by atoms with Gasteiger partial charge in [-0.3, -0.25) is 14.3 Å². The average molecular weight is 345 g/mol. The van der Waals surface area contributed by atoms with Crippen molar-refractivity contribution in [2.45, 2.75) is 19.8 Å². The molecule has 2 aromatic carbocycles. The molecule has 0 saturated heterocycles. The van der Waals surface area contributed by atoms with Crippen molar-refractivity contribution in [3.63, 3.8) is 0 Å². The van der Waals surface area contributed by atoms with Crippen LogP contribution in [0.5, 0.6) is 0 Å². The number of carbonyl (C=O) groups is 2. The van der Waals surface area contributed by atoms with Crippen molar-refractivity contribution < 1.29 is 18.0 Å². The summed E-state index contributed by atoms with van der Waals surface area (Å²) in [7, 11) is -3.61. The van der Waals surface area contributed by atoms with Gasteiger partial charge in [-0.25, -0.2) is 8.42 Å². The van der Waals surface area contributed by atoms with Gasteiger partial charge >= 0.3 is 0 Å². The predicted molar refractivity (Wildman–Crippen MR) is 92.3 cm³/mol. The van der Waals surface area contributed by atoms with Gasteiger partial charge in [0.2, 0.25) is 15.9 Å². The lowest BCUT2D eigenvalue weighted by Crippen LogP contribution is -2.34. The summed E-state index contributed by atoms with van der Waals surface area (Å²) in [5.41, 5.74) is 1.59.